The molecule has 0 spiro atoms. The molecular formula is C14H14N2OS. The van der Waals surface area contributed by atoms with Gasteiger partial charge in [-0.2, -0.15) is 5.26 Å². The zero-order valence-corrected chi connectivity index (χ0v) is 11.3. The van der Waals surface area contributed by atoms with Gasteiger partial charge in [0, 0.05) is 5.56 Å². The van der Waals surface area contributed by atoms with Gasteiger partial charge in [-0.3, -0.25) is 0 Å². The summed E-state index contributed by atoms with van der Waals surface area (Å²) in [4.78, 5) is 5.08. The Morgan fingerprint density at radius 3 is 2.61 bits per heavy atom. The van der Waals surface area contributed by atoms with Crippen molar-refractivity contribution in [1.82, 2.24) is 4.98 Å². The van der Waals surface area contributed by atoms with Crippen molar-refractivity contribution in [1.29, 1.82) is 5.26 Å². The number of aromatic nitrogens is 1. The topological polar surface area (TPSA) is 45.9 Å². The first-order valence-corrected chi connectivity index (χ1v) is 6.67. The van der Waals surface area contributed by atoms with Crippen LogP contribution in [-0.4, -0.2) is 11.6 Å². The summed E-state index contributed by atoms with van der Waals surface area (Å²) in [6.45, 7) is 4.67. The number of rotatable bonds is 4. The Labute approximate surface area is 111 Å². The van der Waals surface area contributed by atoms with Crippen LogP contribution in [0, 0.1) is 18.3 Å². The molecule has 92 valence electrons. The minimum atomic E-state index is 0.677. The zero-order valence-electron chi connectivity index (χ0n) is 10.4. The summed E-state index contributed by atoms with van der Waals surface area (Å²) in [7, 11) is 0. The molecule has 0 saturated heterocycles. The van der Waals surface area contributed by atoms with E-state index in [0.29, 0.717) is 4.88 Å². The normalized spacial score (nSPS) is 10.1. The molecule has 4 heteroatoms. The molecule has 0 bridgehead atoms. The van der Waals surface area contributed by atoms with Crippen molar-refractivity contribution < 1.29 is 4.74 Å². The standard InChI is InChI=1S/C14H14N2OS/c1-3-8-17-12-6-4-11(5-7-12)14-16-10(2)13(9-15)18-14/h4-7H,3,8H2,1-2H3. The van der Waals surface area contributed by atoms with E-state index in [-0.39, 0.29) is 0 Å². The molecule has 1 heterocycles. The van der Waals surface area contributed by atoms with Crippen LogP contribution >= 0.6 is 11.3 Å². The molecule has 0 saturated carbocycles. The Morgan fingerprint density at radius 1 is 1.33 bits per heavy atom. The Bertz CT molecular complexity index is 566. The fourth-order valence-corrected chi connectivity index (χ4v) is 2.41. The van der Waals surface area contributed by atoms with Crippen LogP contribution in [-0.2, 0) is 0 Å². The predicted octanol–water partition coefficient (Wildman–Crippen LogP) is 3.78. The molecule has 0 aliphatic heterocycles. The van der Waals surface area contributed by atoms with Crippen LogP contribution in [0.3, 0.4) is 0 Å². The second-order valence-electron chi connectivity index (χ2n) is 3.92. The van der Waals surface area contributed by atoms with E-state index in [1.165, 1.54) is 11.3 Å². The second kappa shape index (κ2) is 5.65. The lowest BCUT2D eigenvalue weighted by Crippen LogP contribution is -1.94. The van der Waals surface area contributed by atoms with Crippen LogP contribution < -0.4 is 4.74 Å². The highest BCUT2D eigenvalue weighted by molar-refractivity contribution is 7.15. The third-order valence-corrected chi connectivity index (χ3v) is 3.58. The molecule has 3 nitrogen and oxygen atoms in total. The number of nitrogens with zero attached hydrogens (tertiary/aromatic N) is 2. The molecule has 1 aromatic heterocycles. The van der Waals surface area contributed by atoms with E-state index in [4.69, 9.17) is 10.00 Å². The summed E-state index contributed by atoms with van der Waals surface area (Å²) in [5, 5.41) is 9.80. The lowest BCUT2D eigenvalue weighted by molar-refractivity contribution is 0.317. The van der Waals surface area contributed by atoms with E-state index in [9.17, 15) is 0 Å². The molecule has 0 aliphatic carbocycles. The van der Waals surface area contributed by atoms with Crippen LogP contribution in [0.15, 0.2) is 24.3 Å². The van der Waals surface area contributed by atoms with Crippen molar-refractivity contribution in [2.24, 2.45) is 0 Å². The molecule has 0 atom stereocenters. The highest BCUT2D eigenvalue weighted by Gasteiger charge is 2.08. The van der Waals surface area contributed by atoms with Gasteiger partial charge in [-0.15, -0.1) is 11.3 Å². The van der Waals surface area contributed by atoms with Crippen LogP contribution in [0.1, 0.15) is 23.9 Å². The smallest absolute Gasteiger partial charge is 0.128 e. The zero-order chi connectivity index (χ0) is 13.0. The van der Waals surface area contributed by atoms with Crippen molar-refractivity contribution in [2.75, 3.05) is 6.61 Å². The van der Waals surface area contributed by atoms with Gasteiger partial charge in [0.25, 0.3) is 0 Å². The summed E-state index contributed by atoms with van der Waals surface area (Å²) in [5.74, 6) is 0.870. The highest BCUT2D eigenvalue weighted by Crippen LogP contribution is 2.28. The second-order valence-corrected chi connectivity index (χ2v) is 4.92. The minimum absolute atomic E-state index is 0.677. The highest BCUT2D eigenvalue weighted by atomic mass is 32.1. The Balaban J connectivity index is 2.21. The molecule has 2 rings (SSSR count). The van der Waals surface area contributed by atoms with E-state index in [1.807, 2.05) is 31.2 Å². The molecular weight excluding hydrogens is 244 g/mol. The largest absolute Gasteiger partial charge is 0.494 e. The lowest BCUT2D eigenvalue weighted by atomic mass is 10.2. The summed E-state index contributed by atoms with van der Waals surface area (Å²) in [5.41, 5.74) is 1.82. The average molecular weight is 258 g/mol. The number of hydrogen-bond acceptors (Lipinski definition) is 4. The van der Waals surface area contributed by atoms with E-state index >= 15 is 0 Å². The van der Waals surface area contributed by atoms with E-state index in [2.05, 4.69) is 18.0 Å². The van der Waals surface area contributed by atoms with Crippen LogP contribution in [0.4, 0.5) is 0 Å². The molecule has 0 N–H and O–H groups in total. The van der Waals surface area contributed by atoms with Gasteiger partial charge in [0.05, 0.1) is 12.3 Å². The summed E-state index contributed by atoms with van der Waals surface area (Å²) < 4.78 is 5.53. The fraction of sp³-hybridized carbons (Fsp3) is 0.286. The maximum Gasteiger partial charge on any atom is 0.128 e. The molecule has 2 aromatic rings. The number of benzene rings is 1. The van der Waals surface area contributed by atoms with Crippen molar-refractivity contribution in [3.8, 4) is 22.4 Å². The number of nitriles is 1. The fourth-order valence-electron chi connectivity index (χ4n) is 1.54. The number of hydrogen-bond donors (Lipinski definition) is 0. The first kappa shape index (κ1) is 12.6. The molecule has 0 amide bonds. The first-order valence-electron chi connectivity index (χ1n) is 5.85. The Morgan fingerprint density at radius 2 is 2.06 bits per heavy atom. The van der Waals surface area contributed by atoms with E-state index in [1.54, 1.807) is 0 Å². The van der Waals surface area contributed by atoms with Gasteiger partial charge >= 0.3 is 0 Å². The van der Waals surface area contributed by atoms with Crippen molar-refractivity contribution >= 4 is 11.3 Å². The third-order valence-electron chi connectivity index (χ3n) is 2.47. The number of ether oxygens (including phenoxy) is 1. The lowest BCUT2D eigenvalue weighted by Gasteiger charge is -2.04. The number of thiazole rings is 1. The Hall–Kier alpha value is -1.86. The predicted molar refractivity (Wildman–Crippen MR) is 72.8 cm³/mol. The summed E-state index contributed by atoms with van der Waals surface area (Å²) in [6, 6.07) is 9.99. The van der Waals surface area contributed by atoms with E-state index in [0.717, 1.165) is 35.0 Å². The molecule has 0 fully saturated rings. The minimum Gasteiger partial charge on any atom is -0.494 e. The van der Waals surface area contributed by atoms with Crippen LogP contribution in [0.25, 0.3) is 10.6 Å². The Kier molecular flexibility index (Phi) is 3.96. The van der Waals surface area contributed by atoms with Gasteiger partial charge < -0.3 is 4.74 Å². The number of aryl methyl sites for hydroxylation is 1. The van der Waals surface area contributed by atoms with Crippen molar-refractivity contribution in [3.05, 3.63) is 34.8 Å². The SMILES string of the molecule is CCCOc1ccc(-c2nc(C)c(C#N)s2)cc1. The van der Waals surface area contributed by atoms with Gasteiger partial charge in [-0.25, -0.2) is 4.98 Å². The molecule has 0 aliphatic rings. The van der Waals surface area contributed by atoms with Crippen LogP contribution in [0.2, 0.25) is 0 Å². The van der Waals surface area contributed by atoms with E-state index < -0.39 is 0 Å². The van der Waals surface area contributed by atoms with Crippen molar-refractivity contribution in [2.45, 2.75) is 20.3 Å². The molecule has 0 unspecified atom stereocenters. The quantitative estimate of drug-likeness (QED) is 0.838. The molecule has 1 aromatic carbocycles. The van der Waals surface area contributed by atoms with Gasteiger partial charge in [0.2, 0.25) is 0 Å². The average Bonchev–Trinajstić information content (AvgIpc) is 2.78. The monoisotopic (exact) mass is 258 g/mol. The van der Waals surface area contributed by atoms with Gasteiger partial charge in [-0.1, -0.05) is 6.92 Å². The first-order chi connectivity index (χ1) is 8.74. The van der Waals surface area contributed by atoms with Gasteiger partial charge in [0.1, 0.15) is 21.7 Å². The van der Waals surface area contributed by atoms with Gasteiger partial charge in [-0.05, 0) is 37.6 Å². The maximum atomic E-state index is 8.92. The molecule has 18 heavy (non-hydrogen) atoms. The van der Waals surface area contributed by atoms with Gasteiger partial charge in [0.15, 0.2) is 0 Å². The van der Waals surface area contributed by atoms with Crippen LogP contribution in [0.5, 0.6) is 5.75 Å². The molecule has 0 radical (unpaired) electrons. The van der Waals surface area contributed by atoms with Crippen molar-refractivity contribution in [3.63, 3.8) is 0 Å². The summed E-state index contributed by atoms with van der Waals surface area (Å²) in [6.07, 6.45) is 0.999. The third kappa shape index (κ3) is 2.69. The maximum absolute atomic E-state index is 8.92. The summed E-state index contributed by atoms with van der Waals surface area (Å²) >= 11 is 1.42.